The fraction of sp³-hybridized carbons (Fsp3) is 0.696. The van der Waals surface area contributed by atoms with Gasteiger partial charge in [-0.1, -0.05) is 6.42 Å². The van der Waals surface area contributed by atoms with Gasteiger partial charge in [-0.05, 0) is 70.1 Å². The molecule has 0 aromatic carbocycles. The van der Waals surface area contributed by atoms with Gasteiger partial charge in [0.05, 0.1) is 0 Å². The first-order chi connectivity index (χ1) is 14.5. The Kier molecular flexibility index (Phi) is 8.49. The second-order valence-corrected chi connectivity index (χ2v) is 9.06. The number of nitrogens with one attached hydrogen (secondary N) is 3. The van der Waals surface area contributed by atoms with E-state index >= 15 is 0 Å². The summed E-state index contributed by atoms with van der Waals surface area (Å²) in [5.41, 5.74) is 1.32. The van der Waals surface area contributed by atoms with Crippen LogP contribution in [0.15, 0.2) is 24.5 Å². The van der Waals surface area contributed by atoms with Crippen LogP contribution < -0.4 is 16.0 Å². The number of hydrogen-bond donors (Lipinski definition) is 3. The summed E-state index contributed by atoms with van der Waals surface area (Å²) in [6.07, 6.45) is 10.3. The molecule has 0 spiro atoms. The van der Waals surface area contributed by atoms with Crippen LogP contribution in [-0.2, 0) is 11.2 Å². The van der Waals surface area contributed by atoms with Gasteiger partial charge in [0.25, 0.3) is 0 Å². The molecule has 2 atom stereocenters. The number of rotatable bonds is 7. The lowest BCUT2D eigenvalue weighted by atomic mass is 9.85. The molecule has 1 aliphatic carbocycles. The van der Waals surface area contributed by atoms with E-state index in [1.54, 1.807) is 0 Å². The van der Waals surface area contributed by atoms with Crippen molar-refractivity contribution in [1.29, 1.82) is 0 Å². The van der Waals surface area contributed by atoms with Crippen molar-refractivity contribution in [3.8, 4) is 0 Å². The molecular weight excluding hydrogens is 378 g/mol. The van der Waals surface area contributed by atoms with Gasteiger partial charge >= 0.3 is 6.03 Å². The van der Waals surface area contributed by atoms with Crippen LogP contribution >= 0.6 is 0 Å². The lowest BCUT2D eigenvalue weighted by Gasteiger charge is -2.33. The number of urea groups is 1. The van der Waals surface area contributed by atoms with Crippen molar-refractivity contribution in [2.24, 2.45) is 5.92 Å². The number of carbonyl (C=O) groups is 2. The van der Waals surface area contributed by atoms with Gasteiger partial charge < -0.3 is 20.9 Å². The molecule has 1 saturated carbocycles. The van der Waals surface area contributed by atoms with E-state index in [0.29, 0.717) is 0 Å². The van der Waals surface area contributed by atoms with Crippen molar-refractivity contribution < 1.29 is 9.59 Å². The van der Waals surface area contributed by atoms with E-state index < -0.39 is 0 Å². The van der Waals surface area contributed by atoms with Crippen molar-refractivity contribution in [1.82, 2.24) is 25.8 Å². The lowest BCUT2D eigenvalue weighted by Crippen LogP contribution is -2.51. The molecule has 1 saturated heterocycles. The zero-order valence-corrected chi connectivity index (χ0v) is 18.4. The third kappa shape index (κ3) is 7.27. The van der Waals surface area contributed by atoms with Crippen molar-refractivity contribution in [2.45, 2.75) is 76.9 Å². The molecule has 2 unspecified atom stereocenters. The molecule has 1 aromatic heterocycles. The van der Waals surface area contributed by atoms with Crippen LogP contribution in [0.4, 0.5) is 4.79 Å². The zero-order chi connectivity index (χ0) is 21.3. The average molecular weight is 416 g/mol. The van der Waals surface area contributed by atoms with Crippen molar-refractivity contribution in [3.05, 3.63) is 30.1 Å². The van der Waals surface area contributed by atoms with Crippen molar-refractivity contribution in [2.75, 3.05) is 19.6 Å². The van der Waals surface area contributed by atoms with Gasteiger partial charge in [0.2, 0.25) is 5.91 Å². The molecular formula is C23H37N5O2. The molecule has 3 N–H and O–H groups in total. The Labute approximate surface area is 180 Å². The Balaban J connectivity index is 1.34. The first-order valence-corrected chi connectivity index (χ1v) is 11.5. The molecule has 2 heterocycles. The highest BCUT2D eigenvalue weighted by Gasteiger charge is 2.29. The minimum Gasteiger partial charge on any atom is -0.354 e. The molecule has 30 heavy (non-hydrogen) atoms. The number of pyridine rings is 1. The van der Waals surface area contributed by atoms with Gasteiger partial charge in [0, 0.05) is 56.1 Å². The number of aromatic nitrogens is 1. The number of likely N-dealkylation sites (tertiary alicyclic amines) is 1. The summed E-state index contributed by atoms with van der Waals surface area (Å²) in [6.45, 7) is 7.03. The van der Waals surface area contributed by atoms with E-state index in [2.05, 4.69) is 38.0 Å². The summed E-state index contributed by atoms with van der Waals surface area (Å²) in [5.74, 6) is 0.131. The van der Waals surface area contributed by atoms with Crippen LogP contribution in [-0.4, -0.2) is 59.6 Å². The molecule has 2 aliphatic rings. The number of amides is 3. The minimum absolute atomic E-state index is 0.00934. The smallest absolute Gasteiger partial charge is 0.315 e. The third-order valence-electron chi connectivity index (χ3n) is 6.20. The highest BCUT2D eigenvalue weighted by atomic mass is 16.2. The molecule has 1 aromatic rings. The van der Waals surface area contributed by atoms with E-state index in [9.17, 15) is 9.59 Å². The van der Waals surface area contributed by atoms with Gasteiger partial charge in [-0.3, -0.25) is 9.78 Å². The molecule has 0 bridgehead atoms. The van der Waals surface area contributed by atoms with Crippen LogP contribution in [0.2, 0.25) is 0 Å². The van der Waals surface area contributed by atoms with Crippen molar-refractivity contribution in [3.63, 3.8) is 0 Å². The highest BCUT2D eigenvalue weighted by molar-refractivity contribution is 5.79. The van der Waals surface area contributed by atoms with Crippen LogP contribution in [0, 0.1) is 5.92 Å². The number of nitrogens with zero attached hydrogens (tertiary/aromatic N) is 2. The summed E-state index contributed by atoms with van der Waals surface area (Å²) in [6, 6.07) is 4.53. The Morgan fingerprint density at radius 1 is 1.07 bits per heavy atom. The van der Waals surface area contributed by atoms with E-state index in [1.807, 2.05) is 26.2 Å². The van der Waals surface area contributed by atoms with E-state index in [-0.39, 0.29) is 36.0 Å². The summed E-state index contributed by atoms with van der Waals surface area (Å²) >= 11 is 0. The molecule has 0 radical (unpaired) electrons. The molecule has 2 fully saturated rings. The van der Waals surface area contributed by atoms with Gasteiger partial charge in [-0.2, -0.15) is 0 Å². The predicted octanol–water partition coefficient (Wildman–Crippen LogP) is 2.47. The Hall–Kier alpha value is -2.15. The lowest BCUT2D eigenvalue weighted by molar-refractivity contribution is -0.126. The Morgan fingerprint density at radius 2 is 1.77 bits per heavy atom. The van der Waals surface area contributed by atoms with Gasteiger partial charge in [-0.25, -0.2) is 4.79 Å². The predicted molar refractivity (Wildman–Crippen MR) is 118 cm³/mol. The third-order valence-corrected chi connectivity index (χ3v) is 6.20. The topological polar surface area (TPSA) is 86.4 Å². The molecule has 3 rings (SSSR count). The molecule has 3 amide bonds. The van der Waals surface area contributed by atoms with Crippen LogP contribution in [0.25, 0.3) is 0 Å². The molecule has 7 heteroatoms. The SMILES string of the molecule is CC(C)NC(=O)C1CCCC(NC(=O)NC2CCN(CCc3ccncc3)CC2)C1. The van der Waals surface area contributed by atoms with Gasteiger partial charge in [-0.15, -0.1) is 0 Å². The standard InChI is InChI=1S/C23H37N5O2/c1-17(2)25-22(29)19-4-3-5-21(16-19)27-23(30)26-20-9-14-28(15-10-20)13-8-18-6-11-24-12-7-18/h6-7,11-12,17,19-21H,3-5,8-10,13-16H2,1-2H3,(H,25,29)(H2,26,27,30). The summed E-state index contributed by atoms with van der Waals surface area (Å²) in [5, 5.41) is 9.27. The van der Waals surface area contributed by atoms with E-state index in [0.717, 1.165) is 64.6 Å². The van der Waals surface area contributed by atoms with E-state index in [4.69, 9.17) is 0 Å². The summed E-state index contributed by atoms with van der Waals surface area (Å²) in [4.78, 5) is 31.3. The minimum atomic E-state index is -0.0832. The van der Waals surface area contributed by atoms with Crippen LogP contribution in [0.3, 0.4) is 0 Å². The van der Waals surface area contributed by atoms with Gasteiger partial charge in [0.15, 0.2) is 0 Å². The highest BCUT2D eigenvalue weighted by Crippen LogP contribution is 2.24. The molecule has 1 aliphatic heterocycles. The maximum atomic E-state index is 12.5. The number of piperidine rings is 1. The van der Waals surface area contributed by atoms with E-state index in [1.165, 1.54) is 5.56 Å². The fourth-order valence-electron chi connectivity index (χ4n) is 4.51. The van der Waals surface area contributed by atoms with Crippen molar-refractivity contribution >= 4 is 11.9 Å². The normalized spacial score (nSPS) is 23.2. The average Bonchev–Trinajstić information content (AvgIpc) is 2.73. The molecule has 166 valence electrons. The monoisotopic (exact) mass is 415 g/mol. The largest absolute Gasteiger partial charge is 0.354 e. The van der Waals surface area contributed by atoms with Crippen LogP contribution in [0.1, 0.15) is 57.9 Å². The van der Waals surface area contributed by atoms with Crippen LogP contribution in [0.5, 0.6) is 0 Å². The Bertz CT molecular complexity index is 673. The maximum Gasteiger partial charge on any atom is 0.315 e. The first-order valence-electron chi connectivity index (χ1n) is 11.5. The maximum absolute atomic E-state index is 12.5. The summed E-state index contributed by atoms with van der Waals surface area (Å²) < 4.78 is 0. The second kappa shape index (κ2) is 11.3. The summed E-state index contributed by atoms with van der Waals surface area (Å²) in [7, 11) is 0. The quantitative estimate of drug-likeness (QED) is 0.639. The first kappa shape index (κ1) is 22.5. The Morgan fingerprint density at radius 3 is 2.47 bits per heavy atom. The fourth-order valence-corrected chi connectivity index (χ4v) is 4.51. The van der Waals surface area contributed by atoms with Gasteiger partial charge in [0.1, 0.15) is 0 Å². The number of carbonyl (C=O) groups excluding carboxylic acids is 2. The number of hydrogen-bond acceptors (Lipinski definition) is 4. The zero-order valence-electron chi connectivity index (χ0n) is 18.4. The second-order valence-electron chi connectivity index (χ2n) is 9.06. The molecule has 7 nitrogen and oxygen atoms in total.